The third kappa shape index (κ3) is 5.22. The van der Waals surface area contributed by atoms with E-state index in [1.807, 2.05) is 24.3 Å². The van der Waals surface area contributed by atoms with E-state index >= 15 is 0 Å². The van der Waals surface area contributed by atoms with E-state index in [4.69, 9.17) is 0 Å². The number of benzene rings is 1. The highest BCUT2D eigenvalue weighted by Gasteiger charge is 2.01. The first kappa shape index (κ1) is 12.6. The molecule has 1 amide bonds. The molecule has 0 aliphatic carbocycles. The molecule has 15 heavy (non-hydrogen) atoms. The van der Waals surface area contributed by atoms with E-state index in [2.05, 4.69) is 34.5 Å². The number of anilines is 1. The van der Waals surface area contributed by atoms with Crippen LogP contribution in [0.25, 0.3) is 0 Å². The van der Waals surface area contributed by atoms with Gasteiger partial charge in [0.15, 0.2) is 0 Å². The summed E-state index contributed by atoms with van der Waals surface area (Å²) < 4.78 is 1.16. The van der Waals surface area contributed by atoms with E-state index in [0.717, 1.165) is 15.0 Å². The van der Waals surface area contributed by atoms with Crippen molar-refractivity contribution >= 4 is 45.9 Å². The van der Waals surface area contributed by atoms with Crippen LogP contribution in [0, 0.1) is 3.57 Å². The highest BCUT2D eigenvalue weighted by Crippen LogP contribution is 2.11. The Bertz CT molecular complexity index is 337. The normalized spacial score (nSPS) is 9.67. The Kier molecular flexibility index (Phi) is 5.78. The summed E-state index contributed by atoms with van der Waals surface area (Å²) in [7, 11) is 0. The molecule has 0 spiro atoms. The second kappa shape index (κ2) is 6.90. The van der Waals surface area contributed by atoms with Crippen LogP contribution in [-0.2, 0) is 4.79 Å². The molecule has 80 valence electrons. The van der Waals surface area contributed by atoms with Crippen LogP contribution in [0.4, 0.5) is 5.69 Å². The van der Waals surface area contributed by atoms with E-state index in [0.29, 0.717) is 5.75 Å². The average molecular weight is 333 g/mol. The van der Waals surface area contributed by atoms with Gasteiger partial charge in [-0.15, -0.1) is 18.3 Å². The molecule has 4 heteroatoms. The number of carbonyl (C=O) groups is 1. The van der Waals surface area contributed by atoms with Crippen LogP contribution in [0.3, 0.4) is 0 Å². The molecule has 0 saturated heterocycles. The standard InChI is InChI=1S/C11H12INOS/c1-2-7-15-8-11(14)13-10-5-3-9(12)4-6-10/h2-6H,1,7-8H2,(H,13,14). The van der Waals surface area contributed by atoms with E-state index in [-0.39, 0.29) is 5.91 Å². The molecule has 1 N–H and O–H groups in total. The zero-order valence-corrected chi connectivity index (χ0v) is 11.2. The lowest BCUT2D eigenvalue weighted by molar-refractivity contribution is -0.113. The zero-order chi connectivity index (χ0) is 11.1. The molecule has 0 heterocycles. The van der Waals surface area contributed by atoms with Crippen molar-refractivity contribution in [2.45, 2.75) is 0 Å². The van der Waals surface area contributed by atoms with Crippen LogP contribution >= 0.6 is 34.4 Å². The SMILES string of the molecule is C=CCSCC(=O)Nc1ccc(I)cc1. The summed E-state index contributed by atoms with van der Waals surface area (Å²) in [5, 5.41) is 2.83. The number of nitrogens with one attached hydrogen (secondary N) is 1. The fraction of sp³-hybridized carbons (Fsp3) is 0.182. The maximum absolute atomic E-state index is 11.4. The Morgan fingerprint density at radius 2 is 2.13 bits per heavy atom. The van der Waals surface area contributed by atoms with Gasteiger partial charge in [0.2, 0.25) is 5.91 Å². The fourth-order valence-corrected chi connectivity index (χ4v) is 1.87. The van der Waals surface area contributed by atoms with Gasteiger partial charge in [-0.25, -0.2) is 0 Å². The van der Waals surface area contributed by atoms with Gasteiger partial charge in [-0.05, 0) is 46.9 Å². The van der Waals surface area contributed by atoms with Gasteiger partial charge in [0.05, 0.1) is 5.75 Å². The summed E-state index contributed by atoms with van der Waals surface area (Å²) in [5.74, 6) is 1.31. The van der Waals surface area contributed by atoms with Gasteiger partial charge in [-0.2, -0.15) is 0 Å². The highest BCUT2D eigenvalue weighted by atomic mass is 127. The third-order valence-corrected chi connectivity index (χ3v) is 3.25. The number of rotatable bonds is 5. The minimum atomic E-state index is 0.0306. The fourth-order valence-electron chi connectivity index (χ4n) is 0.965. The molecule has 0 bridgehead atoms. The topological polar surface area (TPSA) is 29.1 Å². The molecule has 0 aromatic heterocycles. The Balaban J connectivity index is 2.37. The van der Waals surface area contributed by atoms with Crippen LogP contribution in [0.1, 0.15) is 0 Å². The van der Waals surface area contributed by atoms with Crippen molar-refractivity contribution in [3.05, 3.63) is 40.5 Å². The van der Waals surface area contributed by atoms with Crippen molar-refractivity contribution in [1.29, 1.82) is 0 Å². The molecule has 0 aliphatic rings. The van der Waals surface area contributed by atoms with Crippen molar-refractivity contribution in [3.8, 4) is 0 Å². The van der Waals surface area contributed by atoms with Crippen LogP contribution in [0.15, 0.2) is 36.9 Å². The van der Waals surface area contributed by atoms with Gasteiger partial charge in [0.1, 0.15) is 0 Å². The van der Waals surface area contributed by atoms with Crippen LogP contribution in [-0.4, -0.2) is 17.4 Å². The molecular formula is C11H12INOS. The molecule has 0 radical (unpaired) electrons. The summed E-state index contributed by atoms with van der Waals surface area (Å²) in [6.07, 6.45) is 1.79. The third-order valence-electron chi connectivity index (χ3n) is 1.60. The van der Waals surface area contributed by atoms with Gasteiger partial charge in [-0.3, -0.25) is 4.79 Å². The first-order valence-corrected chi connectivity index (χ1v) is 6.70. The summed E-state index contributed by atoms with van der Waals surface area (Å²) >= 11 is 3.78. The number of amides is 1. The second-order valence-electron chi connectivity index (χ2n) is 2.86. The summed E-state index contributed by atoms with van der Waals surface area (Å²) in [4.78, 5) is 11.4. The van der Waals surface area contributed by atoms with E-state index < -0.39 is 0 Å². The largest absolute Gasteiger partial charge is 0.325 e. The lowest BCUT2D eigenvalue weighted by atomic mass is 10.3. The maximum Gasteiger partial charge on any atom is 0.234 e. The van der Waals surface area contributed by atoms with Crippen molar-refractivity contribution in [3.63, 3.8) is 0 Å². The summed E-state index contributed by atoms with van der Waals surface area (Å²) in [5.41, 5.74) is 0.847. The van der Waals surface area contributed by atoms with Gasteiger partial charge in [-0.1, -0.05) is 6.08 Å². The lowest BCUT2D eigenvalue weighted by Gasteiger charge is -2.04. The highest BCUT2D eigenvalue weighted by molar-refractivity contribution is 14.1. The van der Waals surface area contributed by atoms with Crippen LogP contribution < -0.4 is 5.32 Å². The molecule has 2 nitrogen and oxygen atoms in total. The lowest BCUT2D eigenvalue weighted by Crippen LogP contribution is -2.14. The first-order valence-electron chi connectivity index (χ1n) is 4.46. The quantitative estimate of drug-likeness (QED) is 0.510. The number of halogens is 1. The molecule has 1 rings (SSSR count). The number of hydrogen-bond donors (Lipinski definition) is 1. The van der Waals surface area contributed by atoms with Gasteiger partial charge in [0.25, 0.3) is 0 Å². The van der Waals surface area contributed by atoms with E-state index in [1.165, 1.54) is 0 Å². The second-order valence-corrected chi connectivity index (χ2v) is 5.13. The first-order chi connectivity index (χ1) is 7.22. The minimum Gasteiger partial charge on any atom is -0.325 e. The molecule has 0 aliphatic heterocycles. The predicted molar refractivity (Wildman–Crippen MR) is 75.3 cm³/mol. The Morgan fingerprint density at radius 3 is 2.73 bits per heavy atom. The average Bonchev–Trinajstić information content (AvgIpc) is 2.22. The molecule has 1 aromatic carbocycles. The van der Waals surface area contributed by atoms with E-state index in [9.17, 15) is 4.79 Å². The van der Waals surface area contributed by atoms with Crippen molar-refractivity contribution < 1.29 is 4.79 Å². The van der Waals surface area contributed by atoms with Gasteiger partial charge in [0, 0.05) is 15.0 Å². The maximum atomic E-state index is 11.4. The van der Waals surface area contributed by atoms with Gasteiger partial charge < -0.3 is 5.32 Å². The zero-order valence-electron chi connectivity index (χ0n) is 8.20. The molecule has 0 unspecified atom stereocenters. The Labute approximate surface area is 108 Å². The molecule has 1 aromatic rings. The van der Waals surface area contributed by atoms with Crippen molar-refractivity contribution in [1.82, 2.24) is 0 Å². The minimum absolute atomic E-state index is 0.0306. The smallest absolute Gasteiger partial charge is 0.234 e. The van der Waals surface area contributed by atoms with Crippen LogP contribution in [0.2, 0.25) is 0 Å². The predicted octanol–water partition coefficient (Wildman–Crippen LogP) is 3.15. The summed E-state index contributed by atoms with van der Waals surface area (Å²) in [6, 6.07) is 7.73. The summed E-state index contributed by atoms with van der Waals surface area (Å²) in [6.45, 7) is 3.60. The Morgan fingerprint density at radius 1 is 1.47 bits per heavy atom. The van der Waals surface area contributed by atoms with Gasteiger partial charge >= 0.3 is 0 Å². The molecule has 0 fully saturated rings. The van der Waals surface area contributed by atoms with E-state index in [1.54, 1.807) is 17.8 Å². The molecule has 0 atom stereocenters. The molecular weight excluding hydrogens is 321 g/mol. The number of thioether (sulfide) groups is 1. The molecule has 0 saturated carbocycles. The van der Waals surface area contributed by atoms with Crippen LogP contribution in [0.5, 0.6) is 0 Å². The number of hydrogen-bond acceptors (Lipinski definition) is 2. The number of carbonyl (C=O) groups excluding carboxylic acids is 1. The Hall–Kier alpha value is -0.490. The van der Waals surface area contributed by atoms with Crippen molar-refractivity contribution in [2.75, 3.05) is 16.8 Å². The monoisotopic (exact) mass is 333 g/mol. The van der Waals surface area contributed by atoms with Crippen molar-refractivity contribution in [2.24, 2.45) is 0 Å².